The van der Waals surface area contributed by atoms with E-state index in [1.54, 1.807) is 6.92 Å². The molecular formula is C11H25NO3Si. The minimum atomic E-state index is -1.14. The van der Waals surface area contributed by atoms with Gasteiger partial charge in [-0.1, -0.05) is 19.8 Å². The lowest BCUT2D eigenvalue weighted by Gasteiger charge is -2.31. The van der Waals surface area contributed by atoms with Gasteiger partial charge in [0.2, 0.25) is 0 Å². The highest BCUT2D eigenvalue weighted by atomic mass is 28.4. The molecule has 0 radical (unpaired) electrons. The van der Waals surface area contributed by atoms with Crippen LogP contribution in [0.1, 0.15) is 33.1 Å². The van der Waals surface area contributed by atoms with Crippen molar-refractivity contribution in [3.8, 4) is 0 Å². The van der Waals surface area contributed by atoms with E-state index in [9.17, 15) is 4.79 Å². The van der Waals surface area contributed by atoms with Crippen LogP contribution in [0.5, 0.6) is 0 Å². The Bertz CT molecular complexity index is 188. The van der Waals surface area contributed by atoms with Crippen molar-refractivity contribution in [2.45, 2.75) is 51.7 Å². The molecule has 1 atom stereocenters. The Morgan fingerprint density at radius 1 is 1.44 bits per heavy atom. The summed E-state index contributed by atoms with van der Waals surface area (Å²) < 4.78 is 10.0. The molecule has 1 aliphatic rings. The highest BCUT2D eigenvalue weighted by molar-refractivity contribution is 6.72. The zero-order chi connectivity index (χ0) is 12.4. The lowest BCUT2D eigenvalue weighted by Crippen LogP contribution is -2.37. The van der Waals surface area contributed by atoms with Crippen molar-refractivity contribution in [3.05, 3.63) is 0 Å². The van der Waals surface area contributed by atoms with E-state index in [1.165, 1.54) is 31.4 Å². The second-order valence-corrected chi connectivity index (χ2v) is 8.45. The summed E-state index contributed by atoms with van der Waals surface area (Å²) in [5, 5.41) is 0. The fourth-order valence-electron chi connectivity index (χ4n) is 1.86. The maximum absolute atomic E-state index is 9.60. The molecule has 1 heterocycles. The first-order valence-electron chi connectivity index (χ1n) is 6.10. The van der Waals surface area contributed by atoms with Crippen molar-refractivity contribution < 1.29 is 14.0 Å². The van der Waals surface area contributed by atoms with Gasteiger partial charge in [0.05, 0.1) is 6.61 Å². The summed E-state index contributed by atoms with van der Waals surface area (Å²) in [6.07, 6.45) is 3.31. The van der Waals surface area contributed by atoms with Crippen LogP contribution in [0, 0.1) is 0 Å². The van der Waals surface area contributed by atoms with Crippen LogP contribution in [0.3, 0.4) is 0 Å². The number of amides is 1. The van der Waals surface area contributed by atoms with E-state index < -0.39 is 14.4 Å². The average molecular weight is 247 g/mol. The van der Waals surface area contributed by atoms with E-state index >= 15 is 0 Å². The van der Waals surface area contributed by atoms with Gasteiger partial charge in [-0.2, -0.15) is 0 Å². The van der Waals surface area contributed by atoms with Crippen LogP contribution < -0.4 is 5.73 Å². The Morgan fingerprint density at radius 3 is 2.44 bits per heavy atom. The van der Waals surface area contributed by atoms with Crippen LogP contribution >= 0.6 is 0 Å². The number of carbonyl (C=O) groups excluding carboxylic acids is 1. The molecule has 0 aromatic carbocycles. The molecule has 1 fully saturated rings. The summed E-state index contributed by atoms with van der Waals surface area (Å²) in [7, 11) is -1.14. The van der Waals surface area contributed by atoms with Crippen molar-refractivity contribution in [2.75, 3.05) is 13.2 Å². The third-order valence-electron chi connectivity index (χ3n) is 2.62. The second kappa shape index (κ2) is 8.58. The molecule has 5 heteroatoms. The normalized spacial score (nSPS) is 24.2. The molecule has 1 amide bonds. The molecule has 0 saturated carbocycles. The minimum absolute atomic E-state index is 0.356. The highest BCUT2D eigenvalue weighted by Crippen LogP contribution is 2.26. The van der Waals surface area contributed by atoms with Crippen molar-refractivity contribution >= 4 is 14.4 Å². The number of ether oxygens (including phenoxy) is 1. The SMILES string of the molecule is CCC[Si]1(C)CCCCO1.CCOC(N)=O. The van der Waals surface area contributed by atoms with Crippen molar-refractivity contribution in [1.29, 1.82) is 0 Å². The quantitative estimate of drug-likeness (QED) is 0.780. The topological polar surface area (TPSA) is 61.6 Å². The van der Waals surface area contributed by atoms with Gasteiger partial charge in [-0.3, -0.25) is 0 Å². The number of hydrogen-bond acceptors (Lipinski definition) is 3. The van der Waals surface area contributed by atoms with E-state index in [2.05, 4.69) is 23.9 Å². The van der Waals surface area contributed by atoms with Crippen molar-refractivity contribution in [3.63, 3.8) is 0 Å². The lowest BCUT2D eigenvalue weighted by molar-refractivity contribution is 0.163. The molecule has 0 spiro atoms. The van der Waals surface area contributed by atoms with Gasteiger partial charge < -0.3 is 14.9 Å². The maximum atomic E-state index is 9.60. The van der Waals surface area contributed by atoms with Gasteiger partial charge in [0.15, 0.2) is 8.32 Å². The summed E-state index contributed by atoms with van der Waals surface area (Å²) in [5.74, 6) is 0. The molecule has 1 unspecified atom stereocenters. The molecule has 0 aromatic heterocycles. The van der Waals surface area contributed by atoms with E-state index in [4.69, 9.17) is 4.43 Å². The second-order valence-electron chi connectivity index (χ2n) is 4.26. The first kappa shape index (κ1) is 15.4. The number of hydrogen-bond donors (Lipinski definition) is 1. The Morgan fingerprint density at radius 2 is 2.12 bits per heavy atom. The van der Waals surface area contributed by atoms with Crippen LogP contribution in [0.4, 0.5) is 4.79 Å². The summed E-state index contributed by atoms with van der Waals surface area (Å²) in [6.45, 7) is 7.74. The first-order chi connectivity index (χ1) is 7.54. The molecule has 16 heavy (non-hydrogen) atoms. The molecule has 1 rings (SSSR count). The summed E-state index contributed by atoms with van der Waals surface area (Å²) in [5.41, 5.74) is 4.54. The van der Waals surface area contributed by atoms with E-state index in [0.29, 0.717) is 6.61 Å². The fraction of sp³-hybridized carbons (Fsp3) is 0.909. The van der Waals surface area contributed by atoms with Gasteiger partial charge in [0.25, 0.3) is 0 Å². The van der Waals surface area contributed by atoms with Gasteiger partial charge in [0, 0.05) is 6.61 Å². The molecule has 4 nitrogen and oxygen atoms in total. The van der Waals surface area contributed by atoms with Gasteiger partial charge in [-0.05, 0) is 32.0 Å². The summed E-state index contributed by atoms with van der Waals surface area (Å²) >= 11 is 0. The minimum Gasteiger partial charge on any atom is -0.450 e. The molecule has 1 aliphatic heterocycles. The molecule has 1 saturated heterocycles. The zero-order valence-corrected chi connectivity index (χ0v) is 11.8. The van der Waals surface area contributed by atoms with Crippen LogP contribution in [-0.4, -0.2) is 27.6 Å². The largest absolute Gasteiger partial charge is 0.450 e. The summed E-state index contributed by atoms with van der Waals surface area (Å²) in [4.78, 5) is 9.60. The van der Waals surface area contributed by atoms with E-state index in [1.807, 2.05) is 0 Å². The molecule has 0 aromatic rings. The van der Waals surface area contributed by atoms with Crippen molar-refractivity contribution in [1.82, 2.24) is 0 Å². The standard InChI is InChI=1S/C8H18OSi.C3H7NO2/c1-3-7-10(2)8-5-4-6-9-10;1-2-6-3(4)5/h3-8H2,1-2H3;2H2,1H3,(H2,4,5). The van der Waals surface area contributed by atoms with Crippen LogP contribution in [0.15, 0.2) is 0 Å². The maximum Gasteiger partial charge on any atom is 0.404 e. The fourth-order valence-corrected chi connectivity index (χ4v) is 5.09. The predicted molar refractivity (Wildman–Crippen MR) is 67.9 cm³/mol. The van der Waals surface area contributed by atoms with Gasteiger partial charge in [0.1, 0.15) is 0 Å². The van der Waals surface area contributed by atoms with Crippen LogP contribution in [0.25, 0.3) is 0 Å². The van der Waals surface area contributed by atoms with Gasteiger partial charge in [-0.25, -0.2) is 4.79 Å². The molecular weight excluding hydrogens is 222 g/mol. The molecule has 96 valence electrons. The van der Waals surface area contributed by atoms with Crippen LogP contribution in [-0.2, 0) is 9.16 Å². The lowest BCUT2D eigenvalue weighted by atomic mass is 10.4. The Labute approximate surface area is 99.6 Å². The Balaban J connectivity index is 0.000000325. The van der Waals surface area contributed by atoms with E-state index in [-0.39, 0.29) is 0 Å². The van der Waals surface area contributed by atoms with Gasteiger partial charge >= 0.3 is 6.09 Å². The number of nitrogens with two attached hydrogens (primary N) is 1. The summed E-state index contributed by atoms with van der Waals surface area (Å²) in [6, 6.07) is 2.77. The first-order valence-corrected chi connectivity index (χ1v) is 8.92. The highest BCUT2D eigenvalue weighted by Gasteiger charge is 2.29. The predicted octanol–water partition coefficient (Wildman–Crippen LogP) is 2.88. The van der Waals surface area contributed by atoms with Crippen molar-refractivity contribution in [2.24, 2.45) is 5.73 Å². The van der Waals surface area contributed by atoms with Gasteiger partial charge in [-0.15, -0.1) is 0 Å². The molecule has 0 bridgehead atoms. The molecule has 0 aliphatic carbocycles. The third kappa shape index (κ3) is 7.70. The number of carbonyl (C=O) groups is 1. The monoisotopic (exact) mass is 247 g/mol. The molecule has 2 N–H and O–H groups in total. The Hall–Kier alpha value is -0.553. The number of rotatable bonds is 3. The Kier molecular flexibility index (Phi) is 8.29. The smallest absolute Gasteiger partial charge is 0.404 e. The van der Waals surface area contributed by atoms with Crippen LogP contribution in [0.2, 0.25) is 18.6 Å². The van der Waals surface area contributed by atoms with E-state index in [0.717, 1.165) is 6.61 Å². The average Bonchev–Trinajstić information content (AvgIpc) is 2.19. The zero-order valence-electron chi connectivity index (χ0n) is 10.8. The number of primary amides is 1. The third-order valence-corrected chi connectivity index (χ3v) is 6.49.